The summed E-state index contributed by atoms with van der Waals surface area (Å²) in [6.07, 6.45) is 5.51. The molecule has 0 aliphatic carbocycles. The number of nitrogens with one attached hydrogen (secondary N) is 1. The van der Waals surface area contributed by atoms with E-state index in [1.807, 2.05) is 48.5 Å². The Morgan fingerprint density at radius 1 is 1.07 bits per heavy atom. The maximum atomic E-state index is 12.5. The van der Waals surface area contributed by atoms with E-state index in [2.05, 4.69) is 11.2 Å². The topological polar surface area (TPSA) is 47.6 Å². The quantitative estimate of drug-likeness (QED) is 0.549. The van der Waals surface area contributed by atoms with Crippen LogP contribution in [0, 0.1) is 12.3 Å². The summed E-state index contributed by atoms with van der Waals surface area (Å²) < 4.78 is 10.9. The van der Waals surface area contributed by atoms with Gasteiger partial charge in [-0.05, 0) is 41.5 Å². The Bertz CT molecular complexity index is 1040. The van der Waals surface area contributed by atoms with Crippen molar-refractivity contribution in [3.05, 3.63) is 77.3 Å². The fraction of sp³-hybridized carbons (Fsp3) is 0.125. The molecule has 5 heteroatoms. The van der Waals surface area contributed by atoms with Crippen LogP contribution in [0.3, 0.4) is 0 Å². The third kappa shape index (κ3) is 5.31. The first-order chi connectivity index (χ1) is 14.1. The number of halogens is 1. The molecule has 4 nitrogen and oxygen atoms in total. The van der Waals surface area contributed by atoms with Gasteiger partial charge in [0.15, 0.2) is 11.5 Å². The summed E-state index contributed by atoms with van der Waals surface area (Å²) in [5.74, 6) is 3.46. The molecule has 3 rings (SSSR count). The van der Waals surface area contributed by atoms with Gasteiger partial charge in [-0.25, -0.2) is 0 Å². The smallest absolute Gasteiger partial charge is 0.228 e. The van der Waals surface area contributed by atoms with E-state index >= 15 is 0 Å². The minimum absolute atomic E-state index is 0.110. The zero-order valence-corrected chi connectivity index (χ0v) is 16.7. The molecule has 3 aromatic carbocycles. The fourth-order valence-corrected chi connectivity index (χ4v) is 3.03. The Hall–Kier alpha value is -3.42. The van der Waals surface area contributed by atoms with Crippen LogP contribution < -0.4 is 14.8 Å². The highest BCUT2D eigenvalue weighted by atomic mass is 35.5. The molecular formula is C24H20ClNO3. The van der Waals surface area contributed by atoms with Crippen molar-refractivity contribution < 1.29 is 14.3 Å². The first-order valence-corrected chi connectivity index (χ1v) is 9.36. The molecule has 29 heavy (non-hydrogen) atoms. The summed E-state index contributed by atoms with van der Waals surface area (Å²) in [5.41, 5.74) is 3.36. The van der Waals surface area contributed by atoms with Crippen LogP contribution in [0.4, 0.5) is 5.69 Å². The molecule has 0 saturated heterocycles. The highest BCUT2D eigenvalue weighted by Crippen LogP contribution is 2.35. The number of ether oxygens (including phenoxy) is 2. The second-order valence-electron chi connectivity index (χ2n) is 6.26. The predicted octanol–water partition coefficient (Wildman–Crippen LogP) is 5.21. The van der Waals surface area contributed by atoms with E-state index in [1.165, 1.54) is 0 Å². The number of hydrogen-bond donors (Lipinski definition) is 1. The SMILES string of the molecule is C#CCOc1ccc(-c2ccccc2NC(=O)Cc2ccc(Cl)cc2)cc1OC. The van der Waals surface area contributed by atoms with Crippen LogP contribution >= 0.6 is 11.6 Å². The highest BCUT2D eigenvalue weighted by molar-refractivity contribution is 6.30. The van der Waals surface area contributed by atoms with Gasteiger partial charge in [-0.15, -0.1) is 6.42 Å². The van der Waals surface area contributed by atoms with Crippen molar-refractivity contribution in [2.75, 3.05) is 19.0 Å². The first kappa shape index (κ1) is 20.3. The monoisotopic (exact) mass is 405 g/mol. The maximum Gasteiger partial charge on any atom is 0.228 e. The molecule has 0 fully saturated rings. The van der Waals surface area contributed by atoms with Crippen LogP contribution in [0.25, 0.3) is 11.1 Å². The van der Waals surface area contributed by atoms with Crippen LogP contribution in [0.1, 0.15) is 5.56 Å². The first-order valence-electron chi connectivity index (χ1n) is 8.98. The fourth-order valence-electron chi connectivity index (χ4n) is 2.90. The Morgan fingerprint density at radius 2 is 1.83 bits per heavy atom. The summed E-state index contributed by atoms with van der Waals surface area (Å²) in [5, 5.41) is 3.63. The zero-order valence-electron chi connectivity index (χ0n) is 15.9. The molecule has 1 N–H and O–H groups in total. The Labute approximate surface area is 175 Å². The van der Waals surface area contributed by atoms with Crippen molar-refractivity contribution in [1.82, 2.24) is 0 Å². The molecule has 0 unspecified atom stereocenters. The standard InChI is InChI=1S/C24H20ClNO3/c1-3-14-29-22-13-10-18(16-23(22)28-2)20-6-4-5-7-21(20)26-24(27)15-17-8-11-19(25)12-9-17/h1,4-13,16H,14-15H2,2H3,(H,26,27). The third-order valence-electron chi connectivity index (χ3n) is 4.26. The van der Waals surface area contributed by atoms with Crippen LogP contribution in [0.2, 0.25) is 5.02 Å². The summed E-state index contributed by atoms with van der Waals surface area (Å²) in [6, 6.07) is 20.4. The number of rotatable bonds is 7. The molecular weight excluding hydrogens is 386 g/mol. The van der Waals surface area contributed by atoms with Gasteiger partial charge >= 0.3 is 0 Å². The van der Waals surface area contributed by atoms with Gasteiger partial charge in [-0.1, -0.05) is 53.9 Å². The normalized spacial score (nSPS) is 10.1. The molecule has 0 saturated carbocycles. The Balaban J connectivity index is 1.82. The number of carbonyl (C=O) groups is 1. The number of benzene rings is 3. The van der Waals surface area contributed by atoms with Crippen molar-refractivity contribution in [2.24, 2.45) is 0 Å². The maximum absolute atomic E-state index is 12.5. The zero-order chi connectivity index (χ0) is 20.6. The molecule has 146 valence electrons. The minimum atomic E-state index is -0.110. The molecule has 0 atom stereocenters. The van der Waals surface area contributed by atoms with Crippen LogP contribution in [0.15, 0.2) is 66.7 Å². The number of para-hydroxylation sites is 1. The van der Waals surface area contributed by atoms with E-state index in [1.54, 1.807) is 25.3 Å². The summed E-state index contributed by atoms with van der Waals surface area (Å²) in [7, 11) is 1.57. The number of anilines is 1. The lowest BCUT2D eigenvalue weighted by molar-refractivity contribution is -0.115. The third-order valence-corrected chi connectivity index (χ3v) is 4.52. The van der Waals surface area contributed by atoms with Gasteiger partial charge in [0, 0.05) is 16.3 Å². The molecule has 0 heterocycles. The number of terminal acetylenes is 1. The summed E-state index contributed by atoms with van der Waals surface area (Å²) in [4.78, 5) is 12.5. The van der Waals surface area contributed by atoms with Gasteiger partial charge in [0.05, 0.1) is 13.5 Å². The van der Waals surface area contributed by atoms with Crippen LogP contribution in [0.5, 0.6) is 11.5 Å². The predicted molar refractivity (Wildman–Crippen MR) is 117 cm³/mol. The minimum Gasteiger partial charge on any atom is -0.493 e. The van der Waals surface area contributed by atoms with Gasteiger partial charge in [-0.3, -0.25) is 4.79 Å². The lowest BCUT2D eigenvalue weighted by atomic mass is 10.0. The average molecular weight is 406 g/mol. The van der Waals surface area contributed by atoms with Gasteiger partial charge in [0.1, 0.15) is 6.61 Å². The van der Waals surface area contributed by atoms with Crippen molar-refractivity contribution in [1.29, 1.82) is 0 Å². The van der Waals surface area contributed by atoms with Gasteiger partial charge in [0.25, 0.3) is 0 Å². The lowest BCUT2D eigenvalue weighted by Gasteiger charge is -2.14. The molecule has 0 bridgehead atoms. The Morgan fingerprint density at radius 3 is 2.55 bits per heavy atom. The van der Waals surface area contributed by atoms with E-state index in [4.69, 9.17) is 27.5 Å². The van der Waals surface area contributed by atoms with Crippen molar-refractivity contribution >= 4 is 23.2 Å². The average Bonchev–Trinajstić information content (AvgIpc) is 2.74. The molecule has 1 amide bonds. The van der Waals surface area contributed by atoms with E-state index in [-0.39, 0.29) is 18.9 Å². The van der Waals surface area contributed by atoms with Crippen molar-refractivity contribution in [3.8, 4) is 35.0 Å². The van der Waals surface area contributed by atoms with E-state index in [9.17, 15) is 4.79 Å². The summed E-state index contributed by atoms with van der Waals surface area (Å²) in [6.45, 7) is 0.160. The van der Waals surface area contributed by atoms with Crippen molar-refractivity contribution in [2.45, 2.75) is 6.42 Å². The van der Waals surface area contributed by atoms with Gasteiger partial charge < -0.3 is 14.8 Å². The van der Waals surface area contributed by atoms with E-state index in [0.29, 0.717) is 22.2 Å². The van der Waals surface area contributed by atoms with Crippen LogP contribution in [-0.2, 0) is 11.2 Å². The molecule has 0 aliphatic heterocycles. The van der Waals surface area contributed by atoms with Gasteiger partial charge in [-0.2, -0.15) is 0 Å². The van der Waals surface area contributed by atoms with Crippen molar-refractivity contribution in [3.63, 3.8) is 0 Å². The molecule has 3 aromatic rings. The molecule has 0 spiro atoms. The number of amides is 1. The summed E-state index contributed by atoms with van der Waals surface area (Å²) >= 11 is 5.90. The number of hydrogen-bond acceptors (Lipinski definition) is 3. The highest BCUT2D eigenvalue weighted by Gasteiger charge is 2.12. The van der Waals surface area contributed by atoms with E-state index in [0.717, 1.165) is 16.7 Å². The largest absolute Gasteiger partial charge is 0.493 e. The number of carbonyl (C=O) groups excluding carboxylic acids is 1. The van der Waals surface area contributed by atoms with E-state index < -0.39 is 0 Å². The second-order valence-corrected chi connectivity index (χ2v) is 6.69. The molecule has 0 aromatic heterocycles. The lowest BCUT2D eigenvalue weighted by Crippen LogP contribution is -2.15. The van der Waals surface area contributed by atoms with Crippen LogP contribution in [-0.4, -0.2) is 19.6 Å². The Kier molecular flexibility index (Phi) is 6.78. The number of methoxy groups -OCH3 is 1. The van der Waals surface area contributed by atoms with Gasteiger partial charge in [0.2, 0.25) is 5.91 Å². The second kappa shape index (κ2) is 9.68. The molecule has 0 radical (unpaired) electrons. The molecule has 0 aliphatic rings.